The highest BCUT2D eigenvalue weighted by Crippen LogP contribution is 2.39. The Morgan fingerprint density at radius 3 is 2.70 bits per heavy atom. The summed E-state index contributed by atoms with van der Waals surface area (Å²) in [4.78, 5) is 35.1. The van der Waals surface area contributed by atoms with E-state index in [1.807, 2.05) is 6.08 Å². The molecule has 1 aromatic carbocycles. The second-order valence-corrected chi connectivity index (χ2v) is 6.92. The predicted octanol–water partition coefficient (Wildman–Crippen LogP) is 3.12. The summed E-state index contributed by atoms with van der Waals surface area (Å²) in [7, 11) is 1.47. The van der Waals surface area contributed by atoms with Crippen LogP contribution >= 0.6 is 0 Å². The van der Waals surface area contributed by atoms with E-state index >= 15 is 0 Å². The molecule has 1 aliphatic heterocycles. The number of carboxylic acids is 2. The van der Waals surface area contributed by atoms with Gasteiger partial charge in [0, 0.05) is 11.1 Å². The summed E-state index contributed by atoms with van der Waals surface area (Å²) < 4.78 is 10.5. The van der Waals surface area contributed by atoms with Gasteiger partial charge in [-0.15, -0.1) is 0 Å². The van der Waals surface area contributed by atoms with Crippen molar-refractivity contribution in [3.05, 3.63) is 39.5 Å². The molecule has 1 fully saturated rings. The Balaban J connectivity index is 2.07. The summed E-state index contributed by atoms with van der Waals surface area (Å²) in [6, 6.07) is 0. The number of fused-ring (bicyclic) bond motifs is 1. The number of cyclic esters (lactones) is 1. The summed E-state index contributed by atoms with van der Waals surface area (Å²) in [5.74, 6) is -2.26. The Morgan fingerprint density at radius 2 is 2.07 bits per heavy atom. The van der Waals surface area contributed by atoms with E-state index in [-0.39, 0.29) is 36.5 Å². The van der Waals surface area contributed by atoms with Crippen molar-refractivity contribution < 1.29 is 34.1 Å². The third kappa shape index (κ3) is 3.41. The van der Waals surface area contributed by atoms with Gasteiger partial charge in [-0.1, -0.05) is 11.6 Å². The Bertz CT molecular complexity index is 851. The van der Waals surface area contributed by atoms with E-state index in [0.29, 0.717) is 22.4 Å². The predicted molar refractivity (Wildman–Crippen MR) is 95.2 cm³/mol. The minimum atomic E-state index is -1.20. The van der Waals surface area contributed by atoms with Crippen molar-refractivity contribution in [3.8, 4) is 5.75 Å². The fourth-order valence-corrected chi connectivity index (χ4v) is 4.18. The molecule has 0 bridgehead atoms. The van der Waals surface area contributed by atoms with Crippen molar-refractivity contribution in [1.82, 2.24) is 0 Å². The first kappa shape index (κ1) is 18.9. The Labute approximate surface area is 156 Å². The zero-order chi connectivity index (χ0) is 19.7. The molecule has 27 heavy (non-hydrogen) atoms. The Kier molecular flexibility index (Phi) is 5.21. The number of carboxylic acid groups (broad SMARTS) is 2. The number of hydrogen-bond acceptors (Lipinski definition) is 5. The molecule has 0 radical (unpaired) electrons. The molecule has 0 spiro atoms. The van der Waals surface area contributed by atoms with Gasteiger partial charge in [-0.05, 0) is 44.1 Å². The van der Waals surface area contributed by atoms with Crippen LogP contribution in [0.5, 0.6) is 5.75 Å². The van der Waals surface area contributed by atoms with E-state index in [0.717, 1.165) is 24.8 Å². The normalized spacial score (nSPS) is 19.9. The Hall–Kier alpha value is -2.83. The number of aliphatic carboxylic acids is 1. The van der Waals surface area contributed by atoms with Gasteiger partial charge < -0.3 is 19.7 Å². The topological polar surface area (TPSA) is 110 Å². The fourth-order valence-electron chi connectivity index (χ4n) is 4.18. The third-order valence-corrected chi connectivity index (χ3v) is 5.42. The van der Waals surface area contributed by atoms with Gasteiger partial charge in [0.05, 0.1) is 24.7 Å². The lowest BCUT2D eigenvalue weighted by Gasteiger charge is -2.17. The lowest BCUT2D eigenvalue weighted by molar-refractivity contribution is -0.137. The highest BCUT2D eigenvalue weighted by molar-refractivity contribution is 6.07. The lowest BCUT2D eigenvalue weighted by atomic mass is 9.89. The first-order valence-electron chi connectivity index (χ1n) is 8.88. The largest absolute Gasteiger partial charge is 0.496 e. The molecular weight excluding hydrogens is 352 g/mol. The monoisotopic (exact) mass is 374 g/mol. The number of carbonyl (C=O) groups is 3. The van der Waals surface area contributed by atoms with Gasteiger partial charge in [-0.2, -0.15) is 0 Å². The molecule has 0 unspecified atom stereocenters. The standard InChI is InChI=1S/C20H22O7/c1-10-14-9-27-20(25)17(14)16(19(23)24)13(18(10)26-2)7-6-11-4-3-5-12(11)8-15(21)22/h6,12H,3-5,7-9H2,1-2H3,(H,21,22)(H,23,24)/t12-/m0/s1. The van der Waals surface area contributed by atoms with Crippen molar-refractivity contribution in [2.45, 2.75) is 45.6 Å². The minimum absolute atomic E-state index is 0.0257. The van der Waals surface area contributed by atoms with Crippen molar-refractivity contribution in [1.29, 1.82) is 0 Å². The summed E-state index contributed by atoms with van der Waals surface area (Å²) in [5.41, 5.74) is 2.72. The van der Waals surface area contributed by atoms with Crippen LogP contribution < -0.4 is 4.74 Å². The van der Waals surface area contributed by atoms with Crippen molar-refractivity contribution in [2.24, 2.45) is 5.92 Å². The zero-order valence-corrected chi connectivity index (χ0v) is 15.3. The van der Waals surface area contributed by atoms with Crippen LogP contribution in [0.3, 0.4) is 0 Å². The number of rotatable bonds is 6. The molecule has 1 aromatic rings. The van der Waals surface area contributed by atoms with Gasteiger partial charge in [-0.3, -0.25) is 4.79 Å². The SMILES string of the molecule is COc1c(C)c2c(c(C(=O)O)c1CC=C1CCC[C@H]1CC(=O)O)C(=O)OC2. The number of esters is 1. The second-order valence-electron chi connectivity index (χ2n) is 6.92. The van der Waals surface area contributed by atoms with Gasteiger partial charge in [-0.25, -0.2) is 9.59 Å². The number of benzene rings is 1. The number of allylic oxidation sites excluding steroid dienone is 2. The van der Waals surface area contributed by atoms with Gasteiger partial charge in [0.25, 0.3) is 0 Å². The Morgan fingerprint density at radius 1 is 1.33 bits per heavy atom. The highest BCUT2D eigenvalue weighted by atomic mass is 16.5. The molecule has 1 atom stereocenters. The molecule has 2 N–H and O–H groups in total. The van der Waals surface area contributed by atoms with Gasteiger partial charge in [0.2, 0.25) is 0 Å². The molecule has 0 amide bonds. The van der Waals surface area contributed by atoms with Crippen LogP contribution in [0.25, 0.3) is 0 Å². The van der Waals surface area contributed by atoms with Crippen LogP contribution in [-0.2, 0) is 22.6 Å². The number of methoxy groups -OCH3 is 1. The smallest absolute Gasteiger partial charge is 0.339 e. The van der Waals surface area contributed by atoms with Crippen molar-refractivity contribution in [3.63, 3.8) is 0 Å². The quantitative estimate of drug-likeness (QED) is 0.581. The molecule has 0 saturated heterocycles. The second kappa shape index (κ2) is 7.42. The van der Waals surface area contributed by atoms with E-state index in [1.54, 1.807) is 6.92 Å². The van der Waals surface area contributed by atoms with Crippen LogP contribution in [0.1, 0.15) is 63.1 Å². The lowest BCUT2D eigenvalue weighted by Crippen LogP contribution is -2.14. The van der Waals surface area contributed by atoms with Crippen LogP contribution in [0, 0.1) is 12.8 Å². The summed E-state index contributed by atoms with van der Waals surface area (Å²) in [6.07, 6.45) is 4.77. The van der Waals surface area contributed by atoms with E-state index in [2.05, 4.69) is 0 Å². The number of aromatic carboxylic acids is 1. The molecule has 1 heterocycles. The highest BCUT2D eigenvalue weighted by Gasteiger charge is 2.34. The number of hydrogen-bond donors (Lipinski definition) is 2. The first-order chi connectivity index (χ1) is 12.8. The number of carbonyl (C=O) groups excluding carboxylic acids is 1. The van der Waals surface area contributed by atoms with Crippen LogP contribution in [0.4, 0.5) is 0 Å². The molecule has 2 aliphatic rings. The molecule has 144 valence electrons. The van der Waals surface area contributed by atoms with Crippen molar-refractivity contribution >= 4 is 17.9 Å². The summed E-state index contributed by atoms with van der Waals surface area (Å²) in [6.45, 7) is 1.82. The number of ether oxygens (including phenoxy) is 2. The van der Waals surface area contributed by atoms with E-state index in [4.69, 9.17) is 14.6 Å². The molecule has 1 aliphatic carbocycles. The van der Waals surface area contributed by atoms with Crippen LogP contribution in [0.15, 0.2) is 11.6 Å². The van der Waals surface area contributed by atoms with Crippen molar-refractivity contribution in [2.75, 3.05) is 7.11 Å². The molecule has 3 rings (SSSR count). The average molecular weight is 374 g/mol. The fraction of sp³-hybridized carbons (Fsp3) is 0.450. The zero-order valence-electron chi connectivity index (χ0n) is 15.3. The maximum atomic E-state index is 12.1. The van der Waals surface area contributed by atoms with Crippen LogP contribution in [-0.4, -0.2) is 35.2 Å². The summed E-state index contributed by atoms with van der Waals surface area (Å²) in [5, 5.41) is 18.8. The van der Waals surface area contributed by atoms with Gasteiger partial charge in [0.15, 0.2) is 0 Å². The van der Waals surface area contributed by atoms with Gasteiger partial charge in [0.1, 0.15) is 12.4 Å². The molecular formula is C20H22O7. The average Bonchev–Trinajstić information content (AvgIpc) is 3.19. The van der Waals surface area contributed by atoms with Gasteiger partial charge >= 0.3 is 17.9 Å². The molecule has 7 heteroatoms. The third-order valence-electron chi connectivity index (χ3n) is 5.42. The summed E-state index contributed by atoms with van der Waals surface area (Å²) >= 11 is 0. The molecule has 0 aromatic heterocycles. The van der Waals surface area contributed by atoms with Crippen LogP contribution in [0.2, 0.25) is 0 Å². The first-order valence-corrected chi connectivity index (χ1v) is 8.88. The maximum absolute atomic E-state index is 12.1. The molecule has 7 nitrogen and oxygen atoms in total. The van der Waals surface area contributed by atoms with E-state index in [9.17, 15) is 19.5 Å². The minimum Gasteiger partial charge on any atom is -0.496 e. The maximum Gasteiger partial charge on any atom is 0.339 e. The van der Waals surface area contributed by atoms with E-state index in [1.165, 1.54) is 7.11 Å². The van der Waals surface area contributed by atoms with E-state index < -0.39 is 17.9 Å². The molecule has 1 saturated carbocycles.